The highest BCUT2D eigenvalue weighted by Crippen LogP contribution is 2.45. The van der Waals surface area contributed by atoms with E-state index in [0.717, 1.165) is 89.0 Å². The van der Waals surface area contributed by atoms with Crippen LogP contribution in [-0.4, -0.2) is 39.8 Å². The predicted molar refractivity (Wildman–Crippen MR) is 213 cm³/mol. The fraction of sp³-hybridized carbons (Fsp3) is 0.261. The molecule has 0 N–H and O–H groups in total. The smallest absolute Gasteiger partial charge is 0.293 e. The van der Waals surface area contributed by atoms with Crippen molar-refractivity contribution in [2.24, 2.45) is 10.2 Å². The lowest BCUT2D eigenvalue weighted by atomic mass is 9.84. The average Bonchev–Trinajstić information content (AvgIpc) is 3.18. The van der Waals surface area contributed by atoms with Crippen LogP contribution in [-0.2, 0) is 22.4 Å². The summed E-state index contributed by atoms with van der Waals surface area (Å²) in [5.74, 6) is 1.86. The van der Waals surface area contributed by atoms with Crippen molar-refractivity contribution in [3.8, 4) is 11.5 Å². The zero-order valence-corrected chi connectivity index (χ0v) is 30.6. The third-order valence-corrected chi connectivity index (χ3v) is 11.3. The molecule has 3 aliphatic heterocycles. The van der Waals surface area contributed by atoms with Crippen LogP contribution in [0.25, 0.3) is 27.1 Å². The second-order valence-corrected chi connectivity index (χ2v) is 14.6. The van der Waals surface area contributed by atoms with E-state index in [9.17, 15) is 4.79 Å². The topological polar surface area (TPSA) is 66.5 Å². The lowest BCUT2D eigenvalue weighted by Crippen LogP contribution is -2.43. The highest BCUT2D eigenvalue weighted by atomic mass is 16.5. The number of rotatable bonds is 9. The number of hydrogen-bond acceptors (Lipinski definition) is 6. The summed E-state index contributed by atoms with van der Waals surface area (Å²) in [6.07, 6.45) is 5.38. The molecule has 0 fully saturated rings. The maximum atomic E-state index is 10.4. The van der Waals surface area contributed by atoms with Crippen LogP contribution in [0.2, 0.25) is 0 Å². The fourth-order valence-electron chi connectivity index (χ4n) is 8.79. The van der Waals surface area contributed by atoms with Crippen molar-refractivity contribution in [3.05, 3.63) is 135 Å². The van der Waals surface area contributed by atoms with Gasteiger partial charge in [0.25, 0.3) is 6.47 Å². The van der Waals surface area contributed by atoms with Crippen LogP contribution in [0.1, 0.15) is 52.6 Å². The molecule has 0 saturated carbocycles. The van der Waals surface area contributed by atoms with Gasteiger partial charge in [0.1, 0.15) is 24.6 Å². The van der Waals surface area contributed by atoms with E-state index >= 15 is 0 Å². The van der Waals surface area contributed by atoms with Gasteiger partial charge in [-0.15, -0.1) is 0 Å². The van der Waals surface area contributed by atoms with Gasteiger partial charge >= 0.3 is 0 Å². The van der Waals surface area contributed by atoms with E-state index in [-0.39, 0.29) is 0 Å². The molecule has 0 amide bonds. The number of carbonyl (C=O) groups is 1. The van der Waals surface area contributed by atoms with Crippen LogP contribution in [0.4, 0.5) is 17.1 Å². The lowest BCUT2D eigenvalue weighted by Gasteiger charge is -2.26. The molecule has 3 heterocycles. The van der Waals surface area contributed by atoms with Gasteiger partial charge in [0, 0.05) is 70.4 Å². The summed E-state index contributed by atoms with van der Waals surface area (Å²) in [6.45, 7) is 8.45. The minimum Gasteiger partial charge on any atom is -0.468 e. The summed E-state index contributed by atoms with van der Waals surface area (Å²) in [7, 11) is 2.02. The molecule has 0 saturated heterocycles. The SMILES string of the molecule is Cc1cccc(C)c1C1=c2ccc3c4c5c(cc3c2Oc2c1ccc1cc(N=Nc3ccc(N(C)CCCOC=O)cc3)ccc21)CCC[N+]=5CCC4. The first-order chi connectivity index (χ1) is 26.0. The second-order valence-electron chi connectivity index (χ2n) is 14.6. The van der Waals surface area contributed by atoms with Gasteiger partial charge in [-0.25, -0.2) is 4.58 Å². The summed E-state index contributed by atoms with van der Waals surface area (Å²) in [5, 5.41) is 16.5. The lowest BCUT2D eigenvalue weighted by molar-refractivity contribution is -0.128. The van der Waals surface area contributed by atoms with E-state index in [1.807, 2.05) is 37.4 Å². The summed E-state index contributed by atoms with van der Waals surface area (Å²) in [5.41, 5.74) is 11.7. The maximum absolute atomic E-state index is 10.4. The van der Waals surface area contributed by atoms with Gasteiger partial charge in [-0.2, -0.15) is 10.2 Å². The first-order valence-corrected chi connectivity index (χ1v) is 18.8. The van der Waals surface area contributed by atoms with Crippen LogP contribution >= 0.6 is 0 Å². The number of carbonyl (C=O) groups excluding carboxylic acids is 1. The number of ether oxygens (including phenoxy) is 2. The molecule has 0 radical (unpaired) electrons. The van der Waals surface area contributed by atoms with Crippen LogP contribution < -0.4 is 24.8 Å². The minimum atomic E-state index is 0.415. The molecule has 264 valence electrons. The monoisotopic (exact) mass is 699 g/mol. The second kappa shape index (κ2) is 13.6. The number of benzene rings is 6. The van der Waals surface area contributed by atoms with Crippen molar-refractivity contribution >= 4 is 50.7 Å². The average molecular weight is 700 g/mol. The van der Waals surface area contributed by atoms with Crippen molar-refractivity contribution in [1.29, 1.82) is 0 Å². The van der Waals surface area contributed by atoms with Gasteiger partial charge in [0.2, 0.25) is 5.36 Å². The van der Waals surface area contributed by atoms with E-state index in [0.29, 0.717) is 13.1 Å². The molecule has 0 atom stereocenters. The van der Waals surface area contributed by atoms with E-state index in [1.54, 1.807) is 0 Å². The quantitative estimate of drug-likeness (QED) is 0.0654. The normalized spacial score (nSPS) is 14.5. The van der Waals surface area contributed by atoms with E-state index in [1.165, 1.54) is 62.4 Å². The third-order valence-electron chi connectivity index (χ3n) is 11.3. The first-order valence-electron chi connectivity index (χ1n) is 18.8. The van der Waals surface area contributed by atoms with Gasteiger partial charge in [0.15, 0.2) is 0 Å². The number of anilines is 1. The number of hydrogen-bond donors (Lipinski definition) is 0. The first kappa shape index (κ1) is 33.0. The molecular weight excluding hydrogens is 657 g/mol. The van der Waals surface area contributed by atoms with E-state index < -0.39 is 0 Å². The van der Waals surface area contributed by atoms with Crippen molar-refractivity contribution < 1.29 is 14.3 Å². The molecule has 0 spiro atoms. The van der Waals surface area contributed by atoms with Crippen molar-refractivity contribution in [2.75, 3.05) is 38.2 Å². The van der Waals surface area contributed by atoms with Crippen LogP contribution in [0.15, 0.2) is 101 Å². The molecular formula is C46H43N4O3+. The van der Waals surface area contributed by atoms with Crippen LogP contribution in [0, 0.1) is 13.8 Å². The Kier molecular flexibility index (Phi) is 8.49. The number of azo groups is 1. The maximum Gasteiger partial charge on any atom is 0.293 e. The molecule has 53 heavy (non-hydrogen) atoms. The summed E-state index contributed by atoms with van der Waals surface area (Å²) in [6, 6.07) is 32.4. The molecule has 0 unspecified atom stereocenters. The standard InChI is InChI=1S/C46H43N4O3/c1-29-8-4-9-30(2)42(29)43-39-18-12-31-26-34(48-47-33-13-16-35(17-14-33)49(3)22-7-25-52-28-51)15-19-36(31)45(39)53-46-40(43)21-20-37-38-11-6-24-50-23-5-10-32(44(38)50)27-41(37)46/h4,8-9,12-21,26-28H,5-7,10-11,22-25H2,1-3H3/q+1. The van der Waals surface area contributed by atoms with Crippen LogP contribution in [0.5, 0.6) is 11.5 Å². The van der Waals surface area contributed by atoms with E-state index in [4.69, 9.17) is 9.47 Å². The Labute approximate surface area is 309 Å². The van der Waals surface area contributed by atoms with Crippen molar-refractivity contribution in [1.82, 2.24) is 4.58 Å². The Balaban J connectivity index is 1.13. The Morgan fingerprint density at radius 1 is 0.811 bits per heavy atom. The highest BCUT2D eigenvalue weighted by Gasteiger charge is 2.30. The summed E-state index contributed by atoms with van der Waals surface area (Å²) >= 11 is 0. The molecule has 6 aromatic carbocycles. The molecule has 7 heteroatoms. The van der Waals surface area contributed by atoms with Gasteiger partial charge in [-0.05, 0) is 121 Å². The molecule has 3 aliphatic rings. The molecule has 0 aromatic heterocycles. The Morgan fingerprint density at radius 3 is 2.38 bits per heavy atom. The number of fused-ring (bicyclic) bond motifs is 7. The summed E-state index contributed by atoms with van der Waals surface area (Å²) in [4.78, 5) is 12.5. The third kappa shape index (κ3) is 5.85. The molecule has 9 rings (SSSR count). The molecule has 6 aromatic rings. The van der Waals surface area contributed by atoms with Gasteiger partial charge < -0.3 is 14.4 Å². The minimum absolute atomic E-state index is 0.415. The van der Waals surface area contributed by atoms with Gasteiger partial charge in [-0.3, -0.25) is 4.79 Å². The largest absolute Gasteiger partial charge is 0.468 e. The zero-order chi connectivity index (χ0) is 36.1. The fourth-order valence-corrected chi connectivity index (χ4v) is 8.79. The van der Waals surface area contributed by atoms with Crippen molar-refractivity contribution in [2.45, 2.75) is 46.0 Å². The predicted octanol–water partition coefficient (Wildman–Crippen LogP) is 8.76. The number of nitrogens with zero attached hydrogens (tertiary/aromatic N) is 4. The Morgan fingerprint density at radius 2 is 1.57 bits per heavy atom. The molecule has 0 bridgehead atoms. The number of aryl methyl sites for hydroxylation is 4. The van der Waals surface area contributed by atoms with Gasteiger partial charge in [0.05, 0.1) is 18.0 Å². The van der Waals surface area contributed by atoms with Crippen LogP contribution in [0.3, 0.4) is 0 Å². The Bertz CT molecular complexity index is 2580. The highest BCUT2D eigenvalue weighted by molar-refractivity contribution is 6.02. The molecule has 0 aliphatic carbocycles. The van der Waals surface area contributed by atoms with E-state index in [2.05, 4.69) is 94.2 Å². The molecule has 7 nitrogen and oxygen atoms in total. The zero-order valence-electron chi connectivity index (χ0n) is 30.6. The Hall–Kier alpha value is -5.82. The summed E-state index contributed by atoms with van der Waals surface area (Å²) < 4.78 is 14.6. The van der Waals surface area contributed by atoms with Gasteiger partial charge in [-0.1, -0.05) is 30.3 Å². The van der Waals surface area contributed by atoms with Crippen molar-refractivity contribution in [3.63, 3.8) is 0 Å².